The highest BCUT2D eigenvalue weighted by atomic mass is 16.5. The molecule has 9 nitrogen and oxygen atoms in total. The van der Waals surface area contributed by atoms with Crippen LogP contribution in [0.4, 0.5) is 11.6 Å². The molecule has 1 aliphatic rings. The number of hydrogen-bond acceptors (Lipinski definition) is 6. The average molecular weight is 395 g/mol. The van der Waals surface area contributed by atoms with Gasteiger partial charge in [0.05, 0.1) is 37.7 Å². The molecule has 0 radical (unpaired) electrons. The molecule has 1 N–H and O–H groups in total. The number of aryl methyl sites for hydroxylation is 2. The van der Waals surface area contributed by atoms with Gasteiger partial charge in [0.1, 0.15) is 11.5 Å². The summed E-state index contributed by atoms with van der Waals surface area (Å²) in [6.45, 7) is 8.80. The molecular weight excluding hydrogens is 370 g/mol. The van der Waals surface area contributed by atoms with Gasteiger partial charge in [0.25, 0.3) is 0 Å². The standard InChI is InChI=1S/C20H25N7O2/c1-14-4-5-15(2)27(14)18-10-20(25-8-9-29-12-16(25)3)24-23-17(18)11-26-19(21-13-28)6-7-22-26/h4-7,10,13,16H,8-9,11-12H2,1-3H3,(H,21,28)/t16-/m1/s1. The molecule has 1 aliphatic heterocycles. The third-order valence-corrected chi connectivity index (χ3v) is 5.23. The Morgan fingerprint density at radius 3 is 2.76 bits per heavy atom. The van der Waals surface area contributed by atoms with Gasteiger partial charge in [0.15, 0.2) is 5.82 Å². The number of rotatable bonds is 6. The highest BCUT2D eigenvalue weighted by Crippen LogP contribution is 2.25. The summed E-state index contributed by atoms with van der Waals surface area (Å²) < 4.78 is 9.44. The zero-order valence-electron chi connectivity index (χ0n) is 16.9. The number of carbonyl (C=O) groups is 1. The summed E-state index contributed by atoms with van der Waals surface area (Å²) >= 11 is 0. The minimum atomic E-state index is 0.234. The van der Waals surface area contributed by atoms with E-state index < -0.39 is 0 Å². The van der Waals surface area contributed by atoms with Gasteiger partial charge in [-0.3, -0.25) is 4.79 Å². The minimum Gasteiger partial charge on any atom is -0.377 e. The van der Waals surface area contributed by atoms with Crippen molar-refractivity contribution in [3.05, 3.63) is 47.5 Å². The van der Waals surface area contributed by atoms with Gasteiger partial charge in [0.2, 0.25) is 6.41 Å². The molecule has 3 aromatic rings. The molecule has 1 amide bonds. The largest absolute Gasteiger partial charge is 0.377 e. The highest BCUT2D eigenvalue weighted by Gasteiger charge is 2.23. The van der Waals surface area contributed by atoms with E-state index in [1.807, 2.05) is 0 Å². The minimum absolute atomic E-state index is 0.234. The summed E-state index contributed by atoms with van der Waals surface area (Å²) in [5.41, 5.74) is 3.96. The molecule has 0 aromatic carbocycles. The first-order valence-electron chi connectivity index (χ1n) is 9.67. The zero-order valence-corrected chi connectivity index (χ0v) is 16.9. The van der Waals surface area contributed by atoms with E-state index in [1.165, 1.54) is 0 Å². The fourth-order valence-corrected chi connectivity index (χ4v) is 3.74. The van der Waals surface area contributed by atoms with E-state index in [0.717, 1.165) is 35.1 Å². The third-order valence-electron chi connectivity index (χ3n) is 5.23. The van der Waals surface area contributed by atoms with Crippen molar-refractivity contribution in [1.29, 1.82) is 0 Å². The second-order valence-electron chi connectivity index (χ2n) is 7.24. The summed E-state index contributed by atoms with van der Waals surface area (Å²) in [7, 11) is 0. The maximum atomic E-state index is 10.9. The summed E-state index contributed by atoms with van der Waals surface area (Å²) in [4.78, 5) is 13.1. The number of nitrogens with one attached hydrogen (secondary N) is 1. The van der Waals surface area contributed by atoms with Gasteiger partial charge in [-0.05, 0) is 32.9 Å². The van der Waals surface area contributed by atoms with Crippen LogP contribution < -0.4 is 10.2 Å². The normalized spacial score (nSPS) is 16.8. The number of anilines is 2. The first kappa shape index (κ1) is 19.1. The first-order valence-corrected chi connectivity index (χ1v) is 9.67. The van der Waals surface area contributed by atoms with Crippen molar-refractivity contribution in [2.75, 3.05) is 30.0 Å². The van der Waals surface area contributed by atoms with Gasteiger partial charge in [-0.1, -0.05) is 0 Å². The fraction of sp³-hybridized carbons (Fsp3) is 0.400. The van der Waals surface area contributed by atoms with Gasteiger partial charge < -0.3 is 19.5 Å². The molecule has 9 heteroatoms. The molecule has 29 heavy (non-hydrogen) atoms. The van der Waals surface area contributed by atoms with Crippen LogP contribution in [0, 0.1) is 13.8 Å². The molecule has 1 atom stereocenters. The summed E-state index contributed by atoms with van der Waals surface area (Å²) in [5.74, 6) is 1.44. The van der Waals surface area contributed by atoms with Crippen LogP contribution >= 0.6 is 0 Å². The molecule has 4 heterocycles. The molecule has 0 aliphatic carbocycles. The molecule has 3 aromatic heterocycles. The number of amides is 1. The summed E-state index contributed by atoms with van der Waals surface area (Å²) in [6.07, 6.45) is 2.29. The van der Waals surface area contributed by atoms with Crippen molar-refractivity contribution in [2.24, 2.45) is 0 Å². The predicted octanol–water partition coefficient (Wildman–Crippen LogP) is 1.92. The van der Waals surface area contributed by atoms with Crippen LogP contribution in [0.25, 0.3) is 5.69 Å². The number of morpholine rings is 1. The highest BCUT2D eigenvalue weighted by molar-refractivity contribution is 5.68. The summed E-state index contributed by atoms with van der Waals surface area (Å²) in [5, 5.41) is 16.1. The van der Waals surface area contributed by atoms with Gasteiger partial charge in [0, 0.05) is 30.1 Å². The van der Waals surface area contributed by atoms with Crippen molar-refractivity contribution < 1.29 is 9.53 Å². The Hall–Kier alpha value is -3.20. The molecule has 0 saturated carbocycles. The smallest absolute Gasteiger partial charge is 0.212 e. The van der Waals surface area contributed by atoms with Gasteiger partial charge in [-0.25, -0.2) is 4.68 Å². The lowest BCUT2D eigenvalue weighted by molar-refractivity contribution is -0.105. The Labute approximate surface area is 169 Å². The Balaban J connectivity index is 1.78. The number of hydrogen-bond donors (Lipinski definition) is 1. The van der Waals surface area contributed by atoms with E-state index >= 15 is 0 Å². The second kappa shape index (κ2) is 8.04. The number of nitrogens with zero attached hydrogens (tertiary/aromatic N) is 6. The second-order valence-corrected chi connectivity index (χ2v) is 7.24. The number of carbonyl (C=O) groups excluding carboxylic acids is 1. The van der Waals surface area contributed by atoms with E-state index in [1.54, 1.807) is 16.9 Å². The predicted molar refractivity (Wildman–Crippen MR) is 109 cm³/mol. The summed E-state index contributed by atoms with van der Waals surface area (Å²) in [6, 6.07) is 8.24. The van der Waals surface area contributed by atoms with Crippen molar-refractivity contribution in [2.45, 2.75) is 33.4 Å². The molecule has 0 spiro atoms. The topological polar surface area (TPSA) is 90.1 Å². The van der Waals surface area contributed by atoms with Crippen molar-refractivity contribution in [3.63, 3.8) is 0 Å². The third kappa shape index (κ3) is 3.73. The molecule has 1 saturated heterocycles. The van der Waals surface area contributed by atoms with Crippen molar-refractivity contribution >= 4 is 18.0 Å². The van der Waals surface area contributed by atoms with E-state index in [0.29, 0.717) is 32.0 Å². The van der Waals surface area contributed by atoms with Gasteiger partial charge in [-0.2, -0.15) is 5.10 Å². The zero-order chi connectivity index (χ0) is 20.4. The van der Waals surface area contributed by atoms with Crippen LogP contribution in [-0.2, 0) is 16.1 Å². The number of aromatic nitrogens is 5. The monoisotopic (exact) mass is 395 g/mol. The van der Waals surface area contributed by atoms with Crippen LogP contribution in [0.5, 0.6) is 0 Å². The lowest BCUT2D eigenvalue weighted by atomic mass is 10.2. The van der Waals surface area contributed by atoms with E-state index in [9.17, 15) is 4.79 Å². The molecule has 1 fully saturated rings. The van der Waals surface area contributed by atoms with Crippen LogP contribution in [-0.4, -0.2) is 56.8 Å². The van der Waals surface area contributed by atoms with Gasteiger partial charge in [-0.15, -0.1) is 10.2 Å². The van der Waals surface area contributed by atoms with E-state index in [4.69, 9.17) is 4.74 Å². The molecule has 4 rings (SSSR count). The SMILES string of the molecule is Cc1ccc(C)n1-c1cc(N2CCOC[C@H]2C)nnc1Cn1nccc1NC=O. The van der Waals surface area contributed by atoms with Crippen LogP contribution in [0.1, 0.15) is 24.0 Å². The van der Waals surface area contributed by atoms with E-state index in [-0.39, 0.29) is 6.04 Å². The van der Waals surface area contributed by atoms with Crippen LogP contribution in [0.2, 0.25) is 0 Å². The van der Waals surface area contributed by atoms with Crippen LogP contribution in [0.3, 0.4) is 0 Å². The van der Waals surface area contributed by atoms with E-state index in [2.05, 4.69) is 69.1 Å². The Bertz CT molecular complexity index is 991. The maximum absolute atomic E-state index is 10.9. The quantitative estimate of drug-likeness (QED) is 0.642. The Morgan fingerprint density at radius 2 is 2.03 bits per heavy atom. The lowest BCUT2D eigenvalue weighted by Crippen LogP contribution is -2.44. The Kier molecular flexibility index (Phi) is 5.30. The van der Waals surface area contributed by atoms with Crippen molar-refractivity contribution in [3.8, 4) is 5.69 Å². The van der Waals surface area contributed by atoms with Gasteiger partial charge >= 0.3 is 0 Å². The number of ether oxygens (including phenoxy) is 1. The molecule has 0 bridgehead atoms. The molecular formula is C20H25N7O2. The average Bonchev–Trinajstić information content (AvgIpc) is 3.29. The van der Waals surface area contributed by atoms with Crippen LogP contribution in [0.15, 0.2) is 30.5 Å². The fourth-order valence-electron chi connectivity index (χ4n) is 3.74. The molecule has 152 valence electrons. The maximum Gasteiger partial charge on any atom is 0.212 e. The van der Waals surface area contributed by atoms with Crippen molar-refractivity contribution in [1.82, 2.24) is 24.5 Å². The lowest BCUT2D eigenvalue weighted by Gasteiger charge is -2.34. The Morgan fingerprint density at radius 1 is 1.24 bits per heavy atom. The molecule has 0 unspecified atom stereocenters. The first-order chi connectivity index (χ1) is 14.1.